The Bertz CT molecular complexity index is 1950. The first-order valence-corrected chi connectivity index (χ1v) is 25.3. The summed E-state index contributed by atoms with van der Waals surface area (Å²) in [6.45, 7) is 33.5. The van der Waals surface area contributed by atoms with Crippen LogP contribution in [0.25, 0.3) is 34.4 Å². The minimum absolute atomic E-state index is 0. The van der Waals surface area contributed by atoms with Crippen LogP contribution in [-0.4, -0.2) is 0 Å². The van der Waals surface area contributed by atoms with E-state index in [4.69, 9.17) is 0 Å². The summed E-state index contributed by atoms with van der Waals surface area (Å²) in [7, 11) is 0. The molecule has 1 aliphatic heterocycles. The normalized spacial score (nSPS) is 17.6. The Morgan fingerprint density at radius 3 is 1.04 bits per heavy atom. The molecule has 7 rings (SSSR count). The number of aryl methyl sites for hydroxylation is 4. The number of halogens is 2. The molecule has 3 heteroatoms. The van der Waals surface area contributed by atoms with Crippen LogP contribution in [0.1, 0.15) is 113 Å². The molecule has 4 aromatic carbocycles. The maximum Gasteiger partial charge on any atom is -1.00 e. The monoisotopic (exact) mass is 794 g/mol. The maximum atomic E-state index is 2.72. The van der Waals surface area contributed by atoms with Crippen molar-refractivity contribution in [3.63, 3.8) is 0 Å². The van der Waals surface area contributed by atoms with E-state index < -0.39 is 20.3 Å². The molecule has 0 saturated carbocycles. The van der Waals surface area contributed by atoms with E-state index in [9.17, 15) is 0 Å². The van der Waals surface area contributed by atoms with Gasteiger partial charge in [0, 0.05) is 0 Å². The molecule has 51 heavy (non-hydrogen) atoms. The van der Waals surface area contributed by atoms with Gasteiger partial charge in [0.1, 0.15) is 0 Å². The van der Waals surface area contributed by atoms with Crippen molar-refractivity contribution in [1.82, 2.24) is 0 Å². The van der Waals surface area contributed by atoms with Crippen molar-refractivity contribution in [3.8, 4) is 22.3 Å². The smallest absolute Gasteiger partial charge is 1.00 e. The number of fused-ring (bicyclic) bond motifs is 2. The van der Waals surface area contributed by atoms with Crippen LogP contribution in [0.15, 0.2) is 47.5 Å². The largest absolute Gasteiger partial charge is 1.00 e. The number of rotatable bonds is 6. The van der Waals surface area contributed by atoms with Gasteiger partial charge < -0.3 is 24.8 Å². The van der Waals surface area contributed by atoms with Gasteiger partial charge in [-0.1, -0.05) is 0 Å². The van der Waals surface area contributed by atoms with Gasteiger partial charge in [0.05, 0.1) is 0 Å². The Balaban J connectivity index is 0.00000252. The van der Waals surface area contributed by atoms with Gasteiger partial charge in [-0.15, -0.1) is 0 Å². The first-order valence-electron chi connectivity index (χ1n) is 18.9. The predicted molar refractivity (Wildman–Crippen MR) is 212 cm³/mol. The number of benzene rings is 4. The third-order valence-electron chi connectivity index (χ3n) is 13.1. The van der Waals surface area contributed by atoms with Crippen LogP contribution >= 0.6 is 0 Å². The van der Waals surface area contributed by atoms with Crippen molar-refractivity contribution in [2.45, 2.75) is 112 Å². The third kappa shape index (κ3) is 6.24. The third-order valence-corrected chi connectivity index (χ3v) is 25.9. The molecule has 3 aliphatic rings. The summed E-state index contributed by atoms with van der Waals surface area (Å²) in [6, 6.07) is 14.4. The average Bonchev–Trinajstić information content (AvgIpc) is 3.53. The molecule has 0 amide bonds. The van der Waals surface area contributed by atoms with E-state index in [0.29, 0.717) is 19.1 Å². The van der Waals surface area contributed by atoms with Gasteiger partial charge in [-0.25, -0.2) is 0 Å². The van der Waals surface area contributed by atoms with Gasteiger partial charge in [-0.3, -0.25) is 0 Å². The van der Waals surface area contributed by atoms with Crippen LogP contribution < -0.4 is 24.8 Å². The van der Waals surface area contributed by atoms with Crippen molar-refractivity contribution < 1.29 is 45.1 Å². The second-order valence-corrected chi connectivity index (χ2v) is 28.5. The summed E-state index contributed by atoms with van der Waals surface area (Å²) in [5, 5.41) is 0. The van der Waals surface area contributed by atoms with Gasteiger partial charge in [0.2, 0.25) is 0 Å². The van der Waals surface area contributed by atoms with E-state index in [1.54, 1.807) is 44.5 Å². The molecule has 2 atom stereocenters. The zero-order valence-corrected chi connectivity index (χ0v) is 37.6. The fourth-order valence-corrected chi connectivity index (χ4v) is 28.9. The Morgan fingerprint density at radius 1 is 0.451 bits per heavy atom. The summed E-state index contributed by atoms with van der Waals surface area (Å²) in [6.07, 6.45) is 5.44. The van der Waals surface area contributed by atoms with Gasteiger partial charge in [-0.05, 0) is 0 Å². The molecular formula is C48H58Cl2Zr. The van der Waals surface area contributed by atoms with Crippen molar-refractivity contribution in [2.75, 3.05) is 0 Å². The van der Waals surface area contributed by atoms with E-state index in [1.807, 2.05) is 0 Å². The van der Waals surface area contributed by atoms with Crippen molar-refractivity contribution >= 4 is 12.2 Å². The second-order valence-electron chi connectivity index (χ2n) is 17.1. The Hall–Kier alpha value is -2.18. The molecule has 2 unspecified atom stereocenters. The first-order chi connectivity index (χ1) is 23.1. The molecule has 268 valence electrons. The molecule has 0 N–H and O–H groups in total. The molecular weight excluding hydrogens is 739 g/mol. The Kier molecular flexibility index (Phi) is 11.2. The molecule has 2 aliphatic carbocycles. The standard InChI is InChI=1S/2C23H27.C2H4.2ClH.Zr/c2*1-13(2)19-11-21-17(6)16(5)18(7)23(22(21)12-19)20-9-14(3)8-15(4)10-20;1-2;;;/h2*8-13H,1-7H3;1-2H2;2*1H;/q;;;;;+2/p-2. The van der Waals surface area contributed by atoms with Crippen LogP contribution in [0.4, 0.5) is 0 Å². The fraction of sp³-hybridized carbons (Fsp3) is 0.417. The van der Waals surface area contributed by atoms with E-state index in [2.05, 4.69) is 145 Å². The van der Waals surface area contributed by atoms with Gasteiger partial charge >= 0.3 is 304 Å². The summed E-state index contributed by atoms with van der Waals surface area (Å²) in [4.78, 5) is 0. The molecule has 0 radical (unpaired) electrons. The first kappa shape index (κ1) is 40.0. The van der Waals surface area contributed by atoms with E-state index in [0.717, 1.165) is 0 Å². The summed E-state index contributed by atoms with van der Waals surface area (Å²) in [5.74, 6) is 1.08. The number of hydrogen-bond donors (Lipinski definition) is 0. The van der Waals surface area contributed by atoms with Crippen LogP contribution in [0.5, 0.6) is 0 Å². The van der Waals surface area contributed by atoms with Crippen LogP contribution in [0.2, 0.25) is 8.26 Å². The minimum Gasteiger partial charge on any atom is -1.00 e. The predicted octanol–water partition coefficient (Wildman–Crippen LogP) is 8.01. The van der Waals surface area contributed by atoms with Crippen LogP contribution in [-0.2, 0) is 20.3 Å². The Labute approximate surface area is 326 Å². The van der Waals surface area contributed by atoms with Crippen molar-refractivity contribution in [2.24, 2.45) is 11.8 Å². The second kappa shape index (κ2) is 14.2. The SMILES string of the molecule is Cc1cc(C)cc(-c2c(C)c(C)c(C)c3c2C=C(C(C)C)[CH]3[Zr+2]2([CH]3C(C(C)C)=Cc4c(-c5cc(C)cc(C)c5)c(C)c(C)c(C)c43)[CH2][CH2]2)c1.[Cl-].[Cl-]. The molecule has 4 aromatic rings. The number of hydrogen-bond acceptors (Lipinski definition) is 0. The van der Waals surface area contributed by atoms with Gasteiger partial charge in [0.25, 0.3) is 0 Å². The van der Waals surface area contributed by atoms with Gasteiger partial charge in [0.15, 0.2) is 0 Å². The molecule has 1 heterocycles. The van der Waals surface area contributed by atoms with Crippen LogP contribution in [0.3, 0.4) is 0 Å². The molecule has 0 aromatic heterocycles. The fourth-order valence-electron chi connectivity index (χ4n) is 10.4. The Morgan fingerprint density at radius 2 is 0.765 bits per heavy atom. The molecule has 0 bridgehead atoms. The van der Waals surface area contributed by atoms with Gasteiger partial charge in [-0.2, -0.15) is 0 Å². The molecule has 1 saturated heterocycles. The molecule has 0 spiro atoms. The quantitative estimate of drug-likeness (QED) is 0.186. The summed E-state index contributed by atoms with van der Waals surface area (Å²) in [5.41, 5.74) is 30.4. The van der Waals surface area contributed by atoms with E-state index in [1.165, 1.54) is 75.0 Å². The summed E-state index contributed by atoms with van der Waals surface area (Å²) >= 11 is -2.99. The van der Waals surface area contributed by atoms with E-state index in [-0.39, 0.29) is 24.8 Å². The average molecular weight is 797 g/mol. The topological polar surface area (TPSA) is 0 Å². The maximum absolute atomic E-state index is 2.99. The zero-order valence-electron chi connectivity index (χ0n) is 33.6. The summed E-state index contributed by atoms with van der Waals surface area (Å²) < 4.78 is 4.26. The van der Waals surface area contributed by atoms with Crippen molar-refractivity contribution in [3.05, 3.63) is 125 Å². The number of allylic oxidation sites excluding steroid dienone is 2. The zero-order chi connectivity index (χ0) is 35.4. The van der Waals surface area contributed by atoms with Crippen LogP contribution in [0, 0.1) is 81.1 Å². The van der Waals surface area contributed by atoms with E-state index >= 15 is 0 Å². The molecule has 1 fully saturated rings. The molecule has 0 nitrogen and oxygen atoms in total. The van der Waals surface area contributed by atoms with Crippen molar-refractivity contribution in [1.29, 1.82) is 0 Å². The minimum atomic E-state index is -2.99.